The zero-order valence-corrected chi connectivity index (χ0v) is 20.4. The van der Waals surface area contributed by atoms with Crippen molar-refractivity contribution < 1.29 is 18.7 Å². The number of fused-ring (bicyclic) bond motifs is 1. The number of aryl methyl sites for hydroxylation is 3. The lowest BCUT2D eigenvalue weighted by atomic mass is 10.0. The third-order valence-electron chi connectivity index (χ3n) is 6.01. The molecule has 0 aromatic heterocycles. The number of aliphatic hydroxyl groups is 1. The van der Waals surface area contributed by atoms with Gasteiger partial charge in [-0.2, -0.15) is 0 Å². The first-order valence-corrected chi connectivity index (χ1v) is 12.2. The molecule has 0 aliphatic heterocycles. The highest BCUT2D eigenvalue weighted by molar-refractivity contribution is 5.94. The van der Waals surface area contributed by atoms with Gasteiger partial charge in [-0.15, -0.1) is 0 Å². The van der Waals surface area contributed by atoms with Gasteiger partial charge >= 0.3 is 0 Å². The molecule has 1 amide bonds. The van der Waals surface area contributed by atoms with E-state index >= 15 is 0 Å². The molecule has 0 bridgehead atoms. The molecule has 1 aliphatic carbocycles. The van der Waals surface area contributed by atoms with Crippen molar-refractivity contribution in [2.45, 2.75) is 52.2 Å². The van der Waals surface area contributed by atoms with E-state index in [1.165, 1.54) is 23.3 Å². The number of amides is 1. The van der Waals surface area contributed by atoms with Gasteiger partial charge in [0.2, 0.25) is 0 Å². The van der Waals surface area contributed by atoms with Gasteiger partial charge in [-0.25, -0.2) is 8.78 Å². The van der Waals surface area contributed by atoms with Crippen molar-refractivity contribution in [3.63, 3.8) is 0 Å². The Hall–Kier alpha value is -3.09. The average molecular weight is 481 g/mol. The molecule has 3 aromatic carbocycles. The number of aliphatic hydroxyl groups excluding tert-OH is 1. The molecular weight excluding hydrogens is 446 g/mol. The van der Waals surface area contributed by atoms with E-state index in [1.54, 1.807) is 6.92 Å². The monoisotopic (exact) mass is 480 g/mol. The maximum absolute atomic E-state index is 12.3. The van der Waals surface area contributed by atoms with Gasteiger partial charge in [0.1, 0.15) is 11.6 Å². The van der Waals surface area contributed by atoms with Crippen molar-refractivity contribution in [1.29, 1.82) is 0 Å². The van der Waals surface area contributed by atoms with Crippen molar-refractivity contribution >= 4 is 5.91 Å². The number of hydrogen-bond acceptors (Lipinski definition) is 3. The van der Waals surface area contributed by atoms with Crippen molar-refractivity contribution in [3.05, 3.63) is 106 Å². The second-order valence-corrected chi connectivity index (χ2v) is 8.87. The van der Waals surface area contributed by atoms with Crippen molar-refractivity contribution in [3.8, 4) is 0 Å². The van der Waals surface area contributed by atoms with Crippen LogP contribution in [0.25, 0.3) is 0 Å². The normalized spacial score (nSPS) is 14.1. The Morgan fingerprint density at radius 3 is 2.46 bits per heavy atom. The molecule has 0 spiro atoms. The fourth-order valence-electron chi connectivity index (χ4n) is 4.12. The number of carbonyl (C=O) groups is 1. The molecule has 1 aliphatic rings. The fourth-order valence-corrected chi connectivity index (χ4v) is 4.12. The summed E-state index contributed by atoms with van der Waals surface area (Å²) in [5.74, 6) is -1.11. The number of benzene rings is 3. The maximum Gasteiger partial charge on any atom is 0.251 e. The molecule has 1 atom stereocenters. The highest BCUT2D eigenvalue weighted by Gasteiger charge is 2.21. The zero-order chi connectivity index (χ0) is 25.2. The fraction of sp³-hybridized carbons (Fsp3) is 0.345. The standard InChI is InChI=1S/C22H28N2O2.C7H6F2/c1-2-16-5-3-6-17(13-16)15-23-11-4-12-24-22(26)19-8-7-18-9-10-21(25)20(18)14-19;1-5-2-6(8)4-7(9)3-5/h3,5-8,13-14,21,23,25H,2,4,9-12,15H2,1H3,(H,24,26);2-4H,1H3. The van der Waals surface area contributed by atoms with Gasteiger partial charge in [-0.3, -0.25) is 4.79 Å². The first-order valence-electron chi connectivity index (χ1n) is 12.2. The molecule has 0 saturated carbocycles. The lowest BCUT2D eigenvalue weighted by Gasteiger charge is -2.09. The van der Waals surface area contributed by atoms with Crippen LogP contribution in [0.2, 0.25) is 0 Å². The van der Waals surface area contributed by atoms with E-state index < -0.39 is 17.7 Å². The van der Waals surface area contributed by atoms with Crippen LogP contribution in [0.5, 0.6) is 0 Å². The largest absolute Gasteiger partial charge is 0.388 e. The van der Waals surface area contributed by atoms with Gasteiger partial charge in [0.15, 0.2) is 0 Å². The van der Waals surface area contributed by atoms with E-state index in [-0.39, 0.29) is 5.91 Å². The lowest BCUT2D eigenvalue weighted by Crippen LogP contribution is -2.27. The highest BCUT2D eigenvalue weighted by atomic mass is 19.1. The van der Waals surface area contributed by atoms with Crippen LogP contribution in [0.1, 0.15) is 64.0 Å². The summed E-state index contributed by atoms with van der Waals surface area (Å²) in [6.45, 7) is 6.16. The number of halogens is 2. The van der Waals surface area contributed by atoms with Crippen LogP contribution in [-0.4, -0.2) is 24.1 Å². The average Bonchev–Trinajstić information content (AvgIpc) is 3.21. The van der Waals surface area contributed by atoms with Gasteiger partial charge in [-0.05, 0) is 91.2 Å². The van der Waals surface area contributed by atoms with Crippen LogP contribution in [-0.2, 0) is 19.4 Å². The van der Waals surface area contributed by atoms with Gasteiger partial charge in [0.25, 0.3) is 5.91 Å². The van der Waals surface area contributed by atoms with Crippen molar-refractivity contribution in [2.75, 3.05) is 13.1 Å². The van der Waals surface area contributed by atoms with Crippen molar-refractivity contribution in [1.82, 2.24) is 10.6 Å². The molecule has 0 saturated heterocycles. The van der Waals surface area contributed by atoms with Crippen LogP contribution < -0.4 is 10.6 Å². The predicted molar refractivity (Wildman–Crippen MR) is 135 cm³/mol. The number of rotatable bonds is 8. The lowest BCUT2D eigenvalue weighted by molar-refractivity contribution is 0.0953. The van der Waals surface area contributed by atoms with E-state index in [2.05, 4.69) is 41.8 Å². The van der Waals surface area contributed by atoms with Crippen LogP contribution >= 0.6 is 0 Å². The zero-order valence-electron chi connectivity index (χ0n) is 20.4. The second kappa shape index (κ2) is 13.1. The minimum atomic E-state index is -0.521. The summed E-state index contributed by atoms with van der Waals surface area (Å²) in [6, 6.07) is 17.7. The molecular formula is C29H34F2N2O2. The summed E-state index contributed by atoms with van der Waals surface area (Å²) in [5.41, 5.74) is 5.96. The Labute approximate surface area is 206 Å². The Morgan fingerprint density at radius 2 is 1.74 bits per heavy atom. The first kappa shape index (κ1) is 26.5. The molecule has 1 unspecified atom stereocenters. The third-order valence-corrected chi connectivity index (χ3v) is 6.01. The van der Waals surface area contributed by atoms with Crippen LogP contribution in [0, 0.1) is 18.6 Å². The first-order chi connectivity index (χ1) is 16.9. The Morgan fingerprint density at radius 1 is 1.00 bits per heavy atom. The summed E-state index contributed by atoms with van der Waals surface area (Å²) >= 11 is 0. The number of hydrogen-bond donors (Lipinski definition) is 3. The molecule has 4 rings (SSSR count). The summed E-state index contributed by atoms with van der Waals surface area (Å²) in [6.07, 6.45) is 3.17. The summed E-state index contributed by atoms with van der Waals surface area (Å²) in [4.78, 5) is 12.3. The van der Waals surface area contributed by atoms with Crippen molar-refractivity contribution in [2.24, 2.45) is 0 Å². The molecule has 3 N–H and O–H groups in total. The Kier molecular flexibility index (Phi) is 9.94. The van der Waals surface area contributed by atoms with E-state index in [0.717, 1.165) is 56.0 Å². The van der Waals surface area contributed by atoms with Gasteiger partial charge < -0.3 is 15.7 Å². The Balaban J connectivity index is 0.000000320. The van der Waals surface area contributed by atoms with Crippen LogP contribution in [0.3, 0.4) is 0 Å². The van der Waals surface area contributed by atoms with E-state index in [9.17, 15) is 18.7 Å². The number of nitrogens with one attached hydrogen (secondary N) is 2. The topological polar surface area (TPSA) is 61.4 Å². The minimum Gasteiger partial charge on any atom is -0.388 e. The van der Waals surface area contributed by atoms with E-state index in [1.807, 2.05) is 18.2 Å². The summed E-state index contributed by atoms with van der Waals surface area (Å²) in [7, 11) is 0. The predicted octanol–water partition coefficient (Wildman–Crippen LogP) is 5.41. The second-order valence-electron chi connectivity index (χ2n) is 8.87. The van der Waals surface area contributed by atoms with Crippen LogP contribution in [0.4, 0.5) is 8.78 Å². The van der Waals surface area contributed by atoms with Gasteiger partial charge in [-0.1, -0.05) is 37.3 Å². The Bertz CT molecular complexity index is 1080. The smallest absolute Gasteiger partial charge is 0.251 e. The minimum absolute atomic E-state index is 0.0671. The van der Waals surface area contributed by atoms with Gasteiger partial charge in [0, 0.05) is 24.7 Å². The molecule has 6 heteroatoms. The maximum atomic E-state index is 12.3. The highest BCUT2D eigenvalue weighted by Crippen LogP contribution is 2.31. The molecule has 3 aromatic rings. The summed E-state index contributed by atoms with van der Waals surface area (Å²) in [5, 5.41) is 16.3. The third kappa shape index (κ3) is 8.26. The van der Waals surface area contributed by atoms with E-state index in [0.29, 0.717) is 17.7 Å². The van der Waals surface area contributed by atoms with E-state index in [4.69, 9.17) is 0 Å². The van der Waals surface area contributed by atoms with Crippen LogP contribution in [0.15, 0.2) is 60.7 Å². The summed E-state index contributed by atoms with van der Waals surface area (Å²) < 4.78 is 24.4. The van der Waals surface area contributed by atoms with Gasteiger partial charge in [0.05, 0.1) is 6.10 Å². The SMILES string of the molecule is CCc1cccc(CNCCCNC(=O)c2ccc3c(c2)C(O)CC3)c1.Cc1cc(F)cc(F)c1. The molecule has 0 heterocycles. The molecule has 0 fully saturated rings. The molecule has 0 radical (unpaired) electrons. The molecule has 35 heavy (non-hydrogen) atoms. The quantitative estimate of drug-likeness (QED) is 0.378. The molecule has 186 valence electrons. The number of carbonyl (C=O) groups excluding carboxylic acids is 1. The molecule has 4 nitrogen and oxygen atoms in total.